The molecule has 0 unspecified atom stereocenters. The molecule has 1 N–H and O–H groups in total. The van der Waals surface area contributed by atoms with Crippen LogP contribution < -0.4 is 5.32 Å². The van der Waals surface area contributed by atoms with Crippen LogP contribution in [0.15, 0.2) is 29.7 Å². The largest absolute Gasteiger partial charge is 0.354 e. The summed E-state index contributed by atoms with van der Waals surface area (Å²) in [5.74, 6) is 0.441. The van der Waals surface area contributed by atoms with Crippen molar-refractivity contribution in [1.82, 2.24) is 25.5 Å². The maximum atomic E-state index is 11.6. The van der Waals surface area contributed by atoms with Gasteiger partial charge in [-0.1, -0.05) is 18.2 Å². The van der Waals surface area contributed by atoms with E-state index >= 15 is 0 Å². The molecule has 2 heterocycles. The highest BCUT2D eigenvalue weighted by Crippen LogP contribution is 2.19. The lowest BCUT2D eigenvalue weighted by atomic mass is 10.4. The molecule has 7 heteroatoms. The van der Waals surface area contributed by atoms with Crippen molar-refractivity contribution in [3.8, 4) is 10.7 Å². The normalized spacial score (nSPS) is 11.0. The van der Waals surface area contributed by atoms with Crippen LogP contribution in [0.25, 0.3) is 10.7 Å². The number of amides is 1. The van der Waals surface area contributed by atoms with Crippen LogP contribution in [-0.2, 0) is 11.3 Å². The van der Waals surface area contributed by atoms with Crippen LogP contribution in [0.1, 0.15) is 13.3 Å². The summed E-state index contributed by atoms with van der Waals surface area (Å²) >= 11 is 1.54. The number of nitrogens with one attached hydrogen (secondary N) is 1. The molecule has 2 aromatic rings. The number of thiophene rings is 1. The zero-order valence-electron chi connectivity index (χ0n) is 10.6. The zero-order chi connectivity index (χ0) is 13.5. The van der Waals surface area contributed by atoms with Crippen molar-refractivity contribution >= 4 is 17.2 Å². The summed E-state index contributed by atoms with van der Waals surface area (Å²) in [6, 6.07) is 3.85. The van der Waals surface area contributed by atoms with E-state index in [1.54, 1.807) is 11.3 Å². The van der Waals surface area contributed by atoms with Gasteiger partial charge in [-0.05, 0) is 30.0 Å². The lowest BCUT2D eigenvalue weighted by molar-refractivity contribution is -0.122. The van der Waals surface area contributed by atoms with Crippen molar-refractivity contribution < 1.29 is 4.79 Å². The van der Waals surface area contributed by atoms with Crippen LogP contribution in [0.5, 0.6) is 0 Å². The van der Waals surface area contributed by atoms with Gasteiger partial charge in [-0.25, -0.2) is 0 Å². The van der Waals surface area contributed by atoms with Gasteiger partial charge in [-0.2, -0.15) is 4.80 Å². The van der Waals surface area contributed by atoms with Crippen LogP contribution in [0.3, 0.4) is 0 Å². The van der Waals surface area contributed by atoms with E-state index in [1.165, 1.54) is 4.80 Å². The van der Waals surface area contributed by atoms with E-state index in [-0.39, 0.29) is 12.5 Å². The fourth-order valence-electron chi connectivity index (χ4n) is 1.46. The van der Waals surface area contributed by atoms with Crippen molar-refractivity contribution in [3.05, 3.63) is 29.7 Å². The molecule has 0 aliphatic rings. The molecule has 2 rings (SSSR count). The molecule has 0 saturated carbocycles. The average Bonchev–Trinajstić information content (AvgIpc) is 3.04. The number of aromatic nitrogens is 4. The van der Waals surface area contributed by atoms with E-state index in [9.17, 15) is 4.79 Å². The monoisotopic (exact) mass is 277 g/mol. The molecule has 1 amide bonds. The predicted molar refractivity (Wildman–Crippen MR) is 73.6 cm³/mol. The van der Waals surface area contributed by atoms with E-state index in [4.69, 9.17) is 0 Å². The van der Waals surface area contributed by atoms with Gasteiger partial charge < -0.3 is 5.32 Å². The maximum Gasteiger partial charge on any atom is 0.243 e. The molecule has 0 aliphatic carbocycles. The number of tetrazole rings is 1. The molecule has 0 atom stereocenters. The second kappa shape index (κ2) is 6.79. The molecular formula is C12H15N5OS. The Morgan fingerprint density at radius 1 is 1.58 bits per heavy atom. The lowest BCUT2D eigenvalue weighted by Crippen LogP contribution is -2.29. The van der Waals surface area contributed by atoms with E-state index in [0.29, 0.717) is 12.4 Å². The standard InChI is InChI=1S/C12H15N5OS/c1-2-3-4-7-13-11(18)9-17-15-12(14-16-17)10-6-5-8-19-10/h2-3,5-6,8H,4,7,9H2,1H3,(H,13,18)/b3-2+. The average molecular weight is 277 g/mol. The van der Waals surface area contributed by atoms with Crippen molar-refractivity contribution in [2.24, 2.45) is 0 Å². The van der Waals surface area contributed by atoms with E-state index in [1.807, 2.05) is 36.6 Å². The molecule has 0 radical (unpaired) electrons. The van der Waals surface area contributed by atoms with E-state index in [0.717, 1.165) is 11.3 Å². The Morgan fingerprint density at radius 2 is 2.47 bits per heavy atom. The quantitative estimate of drug-likeness (QED) is 0.641. The Bertz CT molecular complexity index is 546. The molecule has 2 aromatic heterocycles. The fourth-order valence-corrected chi connectivity index (χ4v) is 2.11. The summed E-state index contributed by atoms with van der Waals surface area (Å²) in [5.41, 5.74) is 0. The second-order valence-electron chi connectivity index (χ2n) is 3.83. The second-order valence-corrected chi connectivity index (χ2v) is 4.78. The molecule has 0 aliphatic heterocycles. The summed E-state index contributed by atoms with van der Waals surface area (Å²) in [6.45, 7) is 2.66. The molecule has 6 nitrogen and oxygen atoms in total. The highest BCUT2D eigenvalue weighted by Gasteiger charge is 2.09. The van der Waals surface area contributed by atoms with Crippen molar-refractivity contribution in [1.29, 1.82) is 0 Å². The first-order chi connectivity index (χ1) is 9.29. The number of allylic oxidation sites excluding steroid dienone is 1. The number of rotatable bonds is 6. The van der Waals surface area contributed by atoms with Gasteiger partial charge in [0.05, 0.1) is 4.88 Å². The van der Waals surface area contributed by atoms with Crippen LogP contribution >= 0.6 is 11.3 Å². The summed E-state index contributed by atoms with van der Waals surface area (Å²) in [4.78, 5) is 13.9. The minimum Gasteiger partial charge on any atom is -0.354 e. The predicted octanol–water partition coefficient (Wildman–Crippen LogP) is 1.48. The molecule has 0 spiro atoms. The van der Waals surface area contributed by atoms with Crippen LogP contribution in [0, 0.1) is 0 Å². The third-order valence-electron chi connectivity index (χ3n) is 2.35. The van der Waals surface area contributed by atoms with Gasteiger partial charge in [0.1, 0.15) is 6.54 Å². The van der Waals surface area contributed by atoms with Crippen LogP contribution in [-0.4, -0.2) is 32.7 Å². The number of hydrogen-bond donors (Lipinski definition) is 1. The Morgan fingerprint density at radius 3 is 3.21 bits per heavy atom. The van der Waals surface area contributed by atoms with Gasteiger partial charge >= 0.3 is 0 Å². The van der Waals surface area contributed by atoms with Gasteiger partial charge in [0.2, 0.25) is 11.7 Å². The third kappa shape index (κ3) is 3.99. The highest BCUT2D eigenvalue weighted by atomic mass is 32.1. The first kappa shape index (κ1) is 13.4. The molecule has 100 valence electrons. The topological polar surface area (TPSA) is 72.7 Å². The molecule has 0 aromatic carbocycles. The maximum absolute atomic E-state index is 11.6. The SMILES string of the molecule is C/C=C/CCNC(=O)Cn1nnc(-c2cccs2)n1. The summed E-state index contributed by atoms with van der Waals surface area (Å²) in [5, 5.41) is 16.7. The molecular weight excluding hydrogens is 262 g/mol. The minimum absolute atomic E-state index is 0.0915. The first-order valence-corrected chi connectivity index (χ1v) is 6.87. The summed E-state index contributed by atoms with van der Waals surface area (Å²) < 4.78 is 0. The van der Waals surface area contributed by atoms with E-state index < -0.39 is 0 Å². The fraction of sp³-hybridized carbons (Fsp3) is 0.333. The van der Waals surface area contributed by atoms with Gasteiger partial charge in [0.25, 0.3) is 0 Å². The molecule has 0 bridgehead atoms. The molecule has 0 saturated heterocycles. The summed E-state index contributed by atoms with van der Waals surface area (Å²) in [7, 11) is 0. The van der Waals surface area contributed by atoms with Crippen molar-refractivity contribution in [3.63, 3.8) is 0 Å². The number of hydrogen-bond acceptors (Lipinski definition) is 5. The van der Waals surface area contributed by atoms with Crippen LogP contribution in [0.4, 0.5) is 0 Å². The number of carbonyl (C=O) groups is 1. The van der Waals surface area contributed by atoms with Gasteiger partial charge in [0, 0.05) is 6.54 Å². The smallest absolute Gasteiger partial charge is 0.243 e. The van der Waals surface area contributed by atoms with Gasteiger partial charge in [-0.15, -0.1) is 21.5 Å². The number of nitrogens with zero attached hydrogens (tertiary/aromatic N) is 4. The van der Waals surface area contributed by atoms with Crippen molar-refractivity contribution in [2.45, 2.75) is 19.9 Å². The Labute approximate surface area is 115 Å². The van der Waals surface area contributed by atoms with Crippen molar-refractivity contribution in [2.75, 3.05) is 6.54 Å². The molecule has 0 fully saturated rings. The lowest BCUT2D eigenvalue weighted by Gasteiger charge is -2.01. The van der Waals surface area contributed by atoms with Crippen LogP contribution in [0.2, 0.25) is 0 Å². The Balaban J connectivity index is 1.84. The number of carbonyl (C=O) groups excluding carboxylic acids is 1. The zero-order valence-corrected chi connectivity index (χ0v) is 11.4. The molecule has 19 heavy (non-hydrogen) atoms. The minimum atomic E-state index is -0.111. The van der Waals surface area contributed by atoms with Gasteiger partial charge in [-0.3, -0.25) is 4.79 Å². The summed E-state index contributed by atoms with van der Waals surface area (Å²) in [6.07, 6.45) is 4.79. The van der Waals surface area contributed by atoms with E-state index in [2.05, 4.69) is 20.7 Å². The van der Waals surface area contributed by atoms with Gasteiger partial charge in [0.15, 0.2) is 0 Å². The Hall–Kier alpha value is -2.02. The third-order valence-corrected chi connectivity index (χ3v) is 3.21. The first-order valence-electron chi connectivity index (χ1n) is 5.99. The highest BCUT2D eigenvalue weighted by molar-refractivity contribution is 7.13. The Kier molecular flexibility index (Phi) is 4.79.